The zero-order valence-corrected chi connectivity index (χ0v) is 10.8. The van der Waals surface area contributed by atoms with E-state index in [9.17, 15) is 14.7 Å². The lowest BCUT2D eigenvalue weighted by atomic mass is 10.1. The predicted octanol–water partition coefficient (Wildman–Crippen LogP) is 0.684. The van der Waals surface area contributed by atoms with Crippen LogP contribution in [0.15, 0.2) is 30.3 Å². The molecule has 106 valence electrons. The highest BCUT2D eigenvalue weighted by molar-refractivity contribution is 5.76. The molecule has 1 N–H and O–H groups in total. The van der Waals surface area contributed by atoms with Crippen molar-refractivity contribution >= 4 is 12.1 Å². The van der Waals surface area contributed by atoms with Crippen molar-refractivity contribution in [3.8, 4) is 0 Å². The summed E-state index contributed by atoms with van der Waals surface area (Å²) in [5, 5.41) is 9.80. The number of hydrogen-bond donors (Lipinski definition) is 1. The van der Waals surface area contributed by atoms with Crippen LogP contribution in [-0.2, 0) is 20.9 Å². The number of aliphatic hydroxyl groups excluding tert-OH is 1. The van der Waals surface area contributed by atoms with Gasteiger partial charge >= 0.3 is 12.1 Å². The second-order valence-electron chi connectivity index (χ2n) is 4.99. The van der Waals surface area contributed by atoms with Gasteiger partial charge in [0.2, 0.25) is 0 Å². The SMILES string of the molecule is O=C1CC2[C@H](O1)[C@H](O)CN2C(=O)OCc1ccccc1. The summed E-state index contributed by atoms with van der Waals surface area (Å²) in [5.74, 6) is -0.389. The molecule has 2 fully saturated rings. The average molecular weight is 277 g/mol. The molecule has 20 heavy (non-hydrogen) atoms. The Bertz CT molecular complexity index is 518. The third kappa shape index (κ3) is 2.34. The number of esters is 1. The summed E-state index contributed by atoms with van der Waals surface area (Å²) >= 11 is 0. The Morgan fingerprint density at radius 1 is 1.40 bits per heavy atom. The van der Waals surface area contributed by atoms with Gasteiger partial charge in [-0.25, -0.2) is 4.79 Å². The molecule has 1 amide bonds. The Labute approximate surface area is 115 Å². The lowest BCUT2D eigenvalue weighted by Gasteiger charge is -2.20. The zero-order valence-electron chi connectivity index (χ0n) is 10.8. The quantitative estimate of drug-likeness (QED) is 0.805. The number of carbonyl (C=O) groups excluding carboxylic acids is 2. The fraction of sp³-hybridized carbons (Fsp3) is 0.429. The van der Waals surface area contributed by atoms with Gasteiger partial charge < -0.3 is 14.6 Å². The van der Waals surface area contributed by atoms with Crippen molar-refractivity contribution in [1.82, 2.24) is 4.90 Å². The van der Waals surface area contributed by atoms with Gasteiger partial charge in [-0.05, 0) is 5.56 Å². The number of rotatable bonds is 2. The van der Waals surface area contributed by atoms with Gasteiger partial charge in [-0.1, -0.05) is 30.3 Å². The van der Waals surface area contributed by atoms with Crippen LogP contribution in [0.5, 0.6) is 0 Å². The maximum absolute atomic E-state index is 12.0. The van der Waals surface area contributed by atoms with E-state index in [1.54, 1.807) is 0 Å². The first-order valence-corrected chi connectivity index (χ1v) is 6.50. The Balaban J connectivity index is 1.61. The summed E-state index contributed by atoms with van der Waals surface area (Å²) in [5.41, 5.74) is 0.885. The minimum absolute atomic E-state index is 0.113. The molecular formula is C14H15NO5. The van der Waals surface area contributed by atoms with Gasteiger partial charge in [-0.2, -0.15) is 0 Å². The highest BCUT2D eigenvalue weighted by Gasteiger charge is 2.51. The number of β-amino-alcohol motifs (C(OH)–C–C–N with tert-alkyl or cyclic N) is 1. The Morgan fingerprint density at radius 2 is 2.15 bits per heavy atom. The summed E-state index contributed by atoms with van der Waals surface area (Å²) < 4.78 is 10.2. The van der Waals surface area contributed by atoms with Crippen molar-refractivity contribution in [1.29, 1.82) is 0 Å². The van der Waals surface area contributed by atoms with E-state index < -0.39 is 24.3 Å². The molecule has 6 heteroatoms. The second kappa shape index (κ2) is 5.13. The molecule has 0 spiro atoms. The summed E-state index contributed by atoms with van der Waals surface area (Å²) in [6.07, 6.45) is -1.87. The number of amides is 1. The highest BCUT2D eigenvalue weighted by Crippen LogP contribution is 2.30. The average Bonchev–Trinajstić information content (AvgIpc) is 2.97. The number of nitrogens with zero attached hydrogens (tertiary/aromatic N) is 1. The second-order valence-corrected chi connectivity index (χ2v) is 4.99. The monoisotopic (exact) mass is 277 g/mol. The number of benzene rings is 1. The van der Waals surface area contributed by atoms with Crippen LogP contribution in [0.1, 0.15) is 12.0 Å². The molecule has 2 aliphatic rings. The Kier molecular flexibility index (Phi) is 3.31. The van der Waals surface area contributed by atoms with Gasteiger partial charge in [0.25, 0.3) is 0 Å². The standard InChI is InChI=1S/C14H15NO5/c16-11-7-15(10-6-12(17)20-13(10)11)14(18)19-8-9-4-2-1-3-5-9/h1-5,10-11,13,16H,6-8H2/t10?,11-,13+/m1/s1. The molecule has 1 aromatic rings. The lowest BCUT2D eigenvalue weighted by Crippen LogP contribution is -2.37. The number of fused-ring (bicyclic) bond motifs is 1. The zero-order chi connectivity index (χ0) is 14.1. The van der Waals surface area contributed by atoms with Gasteiger partial charge in [0, 0.05) is 0 Å². The number of hydrogen-bond acceptors (Lipinski definition) is 5. The van der Waals surface area contributed by atoms with E-state index in [1.165, 1.54) is 4.90 Å². The molecule has 0 bridgehead atoms. The van der Waals surface area contributed by atoms with Gasteiger partial charge in [-0.3, -0.25) is 9.69 Å². The summed E-state index contributed by atoms with van der Waals surface area (Å²) in [6.45, 7) is 0.300. The van der Waals surface area contributed by atoms with Crippen LogP contribution in [0.4, 0.5) is 4.79 Å². The van der Waals surface area contributed by atoms with E-state index in [1.807, 2.05) is 30.3 Å². The molecule has 1 unspecified atom stereocenters. The van der Waals surface area contributed by atoms with Crippen molar-refractivity contribution in [2.45, 2.75) is 31.3 Å². The van der Waals surface area contributed by atoms with Crippen molar-refractivity contribution < 1.29 is 24.2 Å². The maximum Gasteiger partial charge on any atom is 0.410 e. The van der Waals surface area contributed by atoms with Crippen molar-refractivity contribution in [3.05, 3.63) is 35.9 Å². The van der Waals surface area contributed by atoms with Crippen LogP contribution >= 0.6 is 0 Å². The molecule has 0 radical (unpaired) electrons. The van der Waals surface area contributed by atoms with Crippen LogP contribution in [0.2, 0.25) is 0 Å². The Hall–Kier alpha value is -2.08. The number of ether oxygens (including phenoxy) is 2. The van der Waals surface area contributed by atoms with Gasteiger partial charge in [0.1, 0.15) is 12.7 Å². The maximum atomic E-state index is 12.0. The van der Waals surface area contributed by atoms with E-state index in [2.05, 4.69) is 0 Å². The first-order valence-electron chi connectivity index (χ1n) is 6.50. The van der Waals surface area contributed by atoms with Gasteiger partial charge in [-0.15, -0.1) is 0 Å². The van der Waals surface area contributed by atoms with Gasteiger partial charge in [0.05, 0.1) is 19.0 Å². The molecule has 0 saturated carbocycles. The summed E-state index contributed by atoms with van der Waals surface area (Å²) in [7, 11) is 0. The summed E-state index contributed by atoms with van der Waals surface area (Å²) in [6, 6.07) is 8.91. The molecular weight excluding hydrogens is 262 g/mol. The van der Waals surface area contributed by atoms with E-state index in [0.29, 0.717) is 0 Å². The highest BCUT2D eigenvalue weighted by atomic mass is 16.6. The van der Waals surface area contributed by atoms with Crippen molar-refractivity contribution in [3.63, 3.8) is 0 Å². The minimum Gasteiger partial charge on any atom is -0.457 e. The minimum atomic E-state index is -0.837. The number of aliphatic hydroxyl groups is 1. The van der Waals surface area contributed by atoms with Crippen molar-refractivity contribution in [2.75, 3.05) is 6.54 Å². The fourth-order valence-corrected chi connectivity index (χ4v) is 2.64. The van der Waals surface area contributed by atoms with E-state index in [0.717, 1.165) is 5.56 Å². The molecule has 2 heterocycles. The molecule has 3 atom stereocenters. The van der Waals surface area contributed by atoms with Crippen LogP contribution in [-0.4, -0.2) is 46.9 Å². The Morgan fingerprint density at radius 3 is 2.90 bits per heavy atom. The number of likely N-dealkylation sites (tertiary alicyclic amines) is 1. The number of carbonyl (C=O) groups is 2. The van der Waals surface area contributed by atoms with Crippen LogP contribution < -0.4 is 0 Å². The third-order valence-electron chi connectivity index (χ3n) is 3.63. The normalized spacial score (nSPS) is 28.1. The molecule has 1 aromatic carbocycles. The van der Waals surface area contributed by atoms with E-state index in [-0.39, 0.29) is 25.5 Å². The van der Waals surface area contributed by atoms with Crippen molar-refractivity contribution in [2.24, 2.45) is 0 Å². The van der Waals surface area contributed by atoms with Gasteiger partial charge in [0.15, 0.2) is 6.10 Å². The van der Waals surface area contributed by atoms with E-state index >= 15 is 0 Å². The third-order valence-corrected chi connectivity index (χ3v) is 3.63. The smallest absolute Gasteiger partial charge is 0.410 e. The molecule has 0 aromatic heterocycles. The van der Waals surface area contributed by atoms with Crippen LogP contribution in [0, 0.1) is 0 Å². The largest absolute Gasteiger partial charge is 0.457 e. The van der Waals surface area contributed by atoms with Crippen LogP contribution in [0.3, 0.4) is 0 Å². The predicted molar refractivity (Wildman–Crippen MR) is 67.6 cm³/mol. The lowest BCUT2D eigenvalue weighted by molar-refractivity contribution is -0.144. The molecule has 0 aliphatic carbocycles. The first-order chi connectivity index (χ1) is 9.65. The molecule has 2 aliphatic heterocycles. The molecule has 2 saturated heterocycles. The summed E-state index contributed by atoms with van der Waals surface area (Å²) in [4.78, 5) is 24.7. The molecule has 3 rings (SSSR count). The van der Waals surface area contributed by atoms with Crippen LogP contribution in [0.25, 0.3) is 0 Å². The molecule has 6 nitrogen and oxygen atoms in total. The fourth-order valence-electron chi connectivity index (χ4n) is 2.64. The topological polar surface area (TPSA) is 76.1 Å². The first kappa shape index (κ1) is 12.9. The van der Waals surface area contributed by atoms with E-state index in [4.69, 9.17) is 9.47 Å².